The smallest absolute Gasteiger partial charge is 0.0562 e. The number of nitrogens with zero attached hydrogens (tertiary/aromatic N) is 2. The summed E-state index contributed by atoms with van der Waals surface area (Å²) in [5, 5.41) is 0. The predicted octanol–water partition coefficient (Wildman–Crippen LogP) is 12.4. The van der Waals surface area contributed by atoms with Gasteiger partial charge in [-0.15, -0.1) is 0 Å². The Bertz CT molecular complexity index is 1880. The Morgan fingerprint density at radius 1 is 0.500 bits per heavy atom. The number of hydrogen-bond donors (Lipinski definition) is 0. The van der Waals surface area contributed by atoms with Crippen LogP contribution in [0.5, 0.6) is 0 Å². The van der Waals surface area contributed by atoms with Crippen LogP contribution in [0.2, 0.25) is 0 Å². The van der Waals surface area contributed by atoms with Crippen molar-refractivity contribution in [2.45, 2.75) is 67.9 Å². The zero-order valence-corrected chi connectivity index (χ0v) is 28.6. The van der Waals surface area contributed by atoms with Crippen LogP contribution in [-0.4, -0.2) is 6.04 Å². The fourth-order valence-electron chi connectivity index (χ4n) is 7.18. The first-order chi connectivity index (χ1) is 22.1. The second kappa shape index (κ2) is 12.9. The van der Waals surface area contributed by atoms with E-state index in [1.54, 1.807) is 0 Å². The van der Waals surface area contributed by atoms with E-state index < -0.39 is 0 Å². The Morgan fingerprint density at radius 3 is 1.39 bits per heavy atom. The van der Waals surface area contributed by atoms with Crippen molar-refractivity contribution >= 4 is 28.4 Å². The van der Waals surface area contributed by atoms with E-state index in [4.69, 9.17) is 0 Å². The zero-order chi connectivity index (χ0) is 32.5. The summed E-state index contributed by atoms with van der Waals surface area (Å²) >= 11 is 0. The van der Waals surface area contributed by atoms with Gasteiger partial charge in [0.15, 0.2) is 0 Å². The lowest BCUT2D eigenvalue weighted by Gasteiger charge is -2.36. The van der Waals surface area contributed by atoms with Gasteiger partial charge in [-0.3, -0.25) is 0 Å². The minimum Gasteiger partial charge on any atom is -0.334 e. The molecule has 2 heteroatoms. The van der Waals surface area contributed by atoms with Gasteiger partial charge in [-0.05, 0) is 173 Å². The summed E-state index contributed by atoms with van der Waals surface area (Å²) in [6.07, 6.45) is 7.95. The first-order valence-electron chi connectivity index (χ1n) is 16.5. The number of benzene rings is 5. The largest absolute Gasteiger partial charge is 0.334 e. The number of anilines is 5. The highest BCUT2D eigenvalue weighted by atomic mass is 15.2. The molecule has 0 saturated carbocycles. The third-order valence-electron chi connectivity index (χ3n) is 9.12. The molecule has 6 rings (SSSR count). The van der Waals surface area contributed by atoms with Gasteiger partial charge in [0, 0.05) is 22.7 Å². The maximum Gasteiger partial charge on any atom is 0.0562 e. The van der Waals surface area contributed by atoms with Crippen molar-refractivity contribution < 1.29 is 0 Å². The highest BCUT2D eigenvalue weighted by molar-refractivity contribution is 5.84. The molecule has 0 fully saturated rings. The third-order valence-corrected chi connectivity index (χ3v) is 9.12. The molecule has 5 aromatic rings. The predicted molar refractivity (Wildman–Crippen MR) is 200 cm³/mol. The van der Waals surface area contributed by atoms with Gasteiger partial charge in [-0.25, -0.2) is 0 Å². The summed E-state index contributed by atoms with van der Waals surface area (Å²) in [4.78, 5) is 4.97. The second-order valence-electron chi connectivity index (χ2n) is 13.3. The molecule has 0 aromatic heterocycles. The van der Waals surface area contributed by atoms with Crippen molar-refractivity contribution in [3.05, 3.63) is 160 Å². The van der Waals surface area contributed by atoms with E-state index in [9.17, 15) is 0 Å². The molecule has 0 spiro atoms. The summed E-state index contributed by atoms with van der Waals surface area (Å²) in [6, 6.07) is 36.3. The minimum atomic E-state index is 0.271. The van der Waals surface area contributed by atoms with Crippen molar-refractivity contribution in [3.63, 3.8) is 0 Å². The van der Waals surface area contributed by atoms with Gasteiger partial charge in [-0.2, -0.15) is 0 Å². The first kappa shape index (κ1) is 31.2. The SMILES string of the molecule is CC1=CC(N(c2cccc(C)c2)c2c(C)cc(-c3cc(C)c(N(c4cccc(C)c4)c4cccc(C)c4)c(C)c3)cc2C)CC=C1. The molecule has 0 heterocycles. The summed E-state index contributed by atoms with van der Waals surface area (Å²) in [5.41, 5.74) is 18.8. The lowest BCUT2D eigenvalue weighted by atomic mass is 9.93. The lowest BCUT2D eigenvalue weighted by molar-refractivity contribution is 0.773. The molecule has 1 atom stereocenters. The molecule has 46 heavy (non-hydrogen) atoms. The van der Waals surface area contributed by atoms with Crippen LogP contribution in [-0.2, 0) is 0 Å². The van der Waals surface area contributed by atoms with Crippen molar-refractivity contribution in [2.75, 3.05) is 9.80 Å². The molecule has 0 N–H and O–H groups in total. The molecule has 0 radical (unpaired) electrons. The standard InChI is InChI=1S/C44H46N2/c1-29-13-9-17-39(21-29)45(40-18-10-14-30(2)22-40)43-33(5)25-37(26-34(43)6)38-27-35(7)44(36(8)28-38)46(41-19-11-15-31(3)23-41)42-20-12-16-32(4)24-42/h9-19,21-28,42H,20H2,1-8H3. The van der Waals surface area contributed by atoms with Gasteiger partial charge in [0.05, 0.1) is 11.7 Å². The summed E-state index contributed by atoms with van der Waals surface area (Å²) < 4.78 is 0. The fraction of sp³-hybridized carbons (Fsp3) is 0.227. The molecule has 5 aromatic carbocycles. The van der Waals surface area contributed by atoms with Gasteiger partial charge < -0.3 is 9.80 Å². The number of allylic oxidation sites excluding steroid dienone is 2. The number of rotatable bonds is 7. The molecule has 1 unspecified atom stereocenters. The zero-order valence-electron chi connectivity index (χ0n) is 28.6. The van der Waals surface area contributed by atoms with Gasteiger partial charge in [0.1, 0.15) is 0 Å². The summed E-state index contributed by atoms with van der Waals surface area (Å²) in [6.45, 7) is 17.8. The first-order valence-corrected chi connectivity index (χ1v) is 16.5. The third kappa shape index (κ3) is 6.30. The highest BCUT2D eigenvalue weighted by Crippen LogP contribution is 2.43. The van der Waals surface area contributed by atoms with Crippen LogP contribution in [0.25, 0.3) is 11.1 Å². The van der Waals surface area contributed by atoms with Crippen molar-refractivity contribution in [2.24, 2.45) is 0 Å². The average Bonchev–Trinajstić information content (AvgIpc) is 3.00. The van der Waals surface area contributed by atoms with E-state index in [1.165, 1.54) is 84.1 Å². The van der Waals surface area contributed by atoms with E-state index in [1.807, 2.05) is 0 Å². The van der Waals surface area contributed by atoms with Crippen LogP contribution >= 0.6 is 0 Å². The molecule has 0 saturated heterocycles. The van der Waals surface area contributed by atoms with Gasteiger partial charge >= 0.3 is 0 Å². The highest BCUT2D eigenvalue weighted by Gasteiger charge is 2.24. The Hall–Kier alpha value is -4.82. The Labute approximate surface area is 276 Å². The van der Waals surface area contributed by atoms with Crippen LogP contribution in [0, 0.1) is 48.5 Å². The minimum absolute atomic E-state index is 0.271. The quantitative estimate of drug-likeness (QED) is 0.183. The van der Waals surface area contributed by atoms with Gasteiger partial charge in [-0.1, -0.05) is 60.2 Å². The molecule has 232 valence electrons. The molecule has 1 aliphatic carbocycles. The average molecular weight is 603 g/mol. The fourth-order valence-corrected chi connectivity index (χ4v) is 7.18. The Balaban J connectivity index is 1.45. The molecule has 0 aliphatic heterocycles. The maximum absolute atomic E-state index is 2.55. The topological polar surface area (TPSA) is 6.48 Å². The summed E-state index contributed by atoms with van der Waals surface area (Å²) in [7, 11) is 0. The molecular formula is C44H46N2. The maximum atomic E-state index is 2.55. The monoisotopic (exact) mass is 602 g/mol. The van der Waals surface area contributed by atoms with Crippen molar-refractivity contribution in [3.8, 4) is 11.1 Å². The molecular weight excluding hydrogens is 556 g/mol. The number of aryl methyl sites for hydroxylation is 7. The van der Waals surface area contributed by atoms with E-state index >= 15 is 0 Å². The van der Waals surface area contributed by atoms with Crippen LogP contribution in [0.15, 0.2) is 121 Å². The normalized spacial score (nSPS) is 14.3. The van der Waals surface area contributed by atoms with Crippen LogP contribution < -0.4 is 9.80 Å². The van der Waals surface area contributed by atoms with Crippen LogP contribution in [0.3, 0.4) is 0 Å². The lowest BCUT2D eigenvalue weighted by Crippen LogP contribution is -2.31. The van der Waals surface area contributed by atoms with Crippen LogP contribution in [0.1, 0.15) is 52.3 Å². The van der Waals surface area contributed by atoms with E-state index in [0.717, 1.165) is 6.42 Å². The van der Waals surface area contributed by atoms with E-state index in [-0.39, 0.29) is 6.04 Å². The summed E-state index contributed by atoms with van der Waals surface area (Å²) in [5.74, 6) is 0. The van der Waals surface area contributed by atoms with Crippen molar-refractivity contribution in [1.82, 2.24) is 0 Å². The Kier molecular flexibility index (Phi) is 8.73. The van der Waals surface area contributed by atoms with Crippen molar-refractivity contribution in [1.29, 1.82) is 0 Å². The van der Waals surface area contributed by atoms with Crippen LogP contribution in [0.4, 0.5) is 28.4 Å². The molecule has 1 aliphatic rings. The van der Waals surface area contributed by atoms with E-state index in [0.29, 0.717) is 0 Å². The molecule has 0 bridgehead atoms. The van der Waals surface area contributed by atoms with E-state index in [2.05, 4.69) is 180 Å². The van der Waals surface area contributed by atoms with Gasteiger partial charge in [0.2, 0.25) is 0 Å². The van der Waals surface area contributed by atoms with Gasteiger partial charge in [0.25, 0.3) is 0 Å². The number of hydrogen-bond acceptors (Lipinski definition) is 2. The molecule has 0 amide bonds. The Morgan fingerprint density at radius 2 is 0.935 bits per heavy atom. The molecule has 2 nitrogen and oxygen atoms in total. The second-order valence-corrected chi connectivity index (χ2v) is 13.3.